The third-order valence-corrected chi connectivity index (χ3v) is 10.0. The monoisotopic (exact) mass is 572 g/mol. The highest BCUT2D eigenvalue weighted by Gasteiger charge is 2.35. The highest BCUT2D eigenvalue weighted by Crippen LogP contribution is 2.50. The summed E-state index contributed by atoms with van der Waals surface area (Å²) in [5.74, 6) is 0. The fourth-order valence-electron chi connectivity index (χ4n) is 7.84. The topological polar surface area (TPSA) is 0 Å². The molecule has 0 radical (unpaired) electrons. The largest absolute Gasteiger partial charge is 0.0622 e. The van der Waals surface area contributed by atoms with Gasteiger partial charge in [-0.05, 0) is 106 Å². The van der Waals surface area contributed by atoms with Crippen molar-refractivity contribution in [2.45, 2.75) is 19.3 Å². The summed E-state index contributed by atoms with van der Waals surface area (Å²) >= 11 is 0. The molecule has 0 N–H and O–H groups in total. The van der Waals surface area contributed by atoms with E-state index in [9.17, 15) is 0 Å². The lowest BCUT2D eigenvalue weighted by Crippen LogP contribution is -2.14. The molecule has 9 rings (SSSR count). The lowest BCUT2D eigenvalue weighted by atomic mass is 9.82. The molecule has 0 saturated carbocycles. The van der Waals surface area contributed by atoms with Crippen LogP contribution in [-0.2, 0) is 5.41 Å². The first-order chi connectivity index (χ1) is 22.1. The van der Waals surface area contributed by atoms with Gasteiger partial charge in [-0.2, -0.15) is 0 Å². The molecule has 0 heterocycles. The van der Waals surface area contributed by atoms with Crippen LogP contribution in [0.4, 0.5) is 0 Å². The van der Waals surface area contributed by atoms with Crippen molar-refractivity contribution in [3.05, 3.63) is 169 Å². The van der Waals surface area contributed by atoms with E-state index < -0.39 is 0 Å². The van der Waals surface area contributed by atoms with Gasteiger partial charge in [-0.15, -0.1) is 0 Å². The van der Waals surface area contributed by atoms with Crippen molar-refractivity contribution in [3.63, 3.8) is 0 Å². The van der Waals surface area contributed by atoms with Crippen LogP contribution >= 0.6 is 0 Å². The molecule has 0 aromatic heterocycles. The molecule has 0 saturated heterocycles. The summed E-state index contributed by atoms with van der Waals surface area (Å²) in [6, 6.07) is 58.4. The maximum atomic E-state index is 2.39. The minimum Gasteiger partial charge on any atom is -0.0622 e. The summed E-state index contributed by atoms with van der Waals surface area (Å²) in [6.45, 7) is 4.68. The number of fused-ring (bicyclic) bond motifs is 6. The van der Waals surface area contributed by atoms with Gasteiger partial charge < -0.3 is 0 Å². The van der Waals surface area contributed by atoms with E-state index in [1.807, 2.05) is 0 Å². The van der Waals surface area contributed by atoms with Crippen molar-refractivity contribution >= 4 is 32.3 Å². The van der Waals surface area contributed by atoms with Gasteiger partial charge >= 0.3 is 0 Å². The van der Waals surface area contributed by atoms with E-state index >= 15 is 0 Å². The van der Waals surface area contributed by atoms with Gasteiger partial charge in [0.15, 0.2) is 0 Å². The fourth-order valence-corrected chi connectivity index (χ4v) is 7.84. The molecule has 0 heteroatoms. The van der Waals surface area contributed by atoms with Crippen molar-refractivity contribution in [2.24, 2.45) is 0 Å². The van der Waals surface area contributed by atoms with Crippen LogP contribution in [0, 0.1) is 0 Å². The van der Waals surface area contributed by atoms with Crippen molar-refractivity contribution in [1.82, 2.24) is 0 Å². The van der Waals surface area contributed by atoms with Gasteiger partial charge in [0.2, 0.25) is 0 Å². The number of benzene rings is 8. The van der Waals surface area contributed by atoms with Crippen LogP contribution in [0.25, 0.3) is 76.8 Å². The van der Waals surface area contributed by atoms with Crippen LogP contribution in [0.3, 0.4) is 0 Å². The van der Waals surface area contributed by atoms with Crippen LogP contribution in [0.5, 0.6) is 0 Å². The number of rotatable bonds is 3. The van der Waals surface area contributed by atoms with Crippen molar-refractivity contribution < 1.29 is 0 Å². The zero-order valence-electron chi connectivity index (χ0n) is 25.5. The Morgan fingerprint density at radius 3 is 1.47 bits per heavy atom. The second-order valence-electron chi connectivity index (χ2n) is 12.9. The summed E-state index contributed by atoms with van der Waals surface area (Å²) < 4.78 is 0. The highest BCUT2D eigenvalue weighted by molar-refractivity contribution is 6.21. The van der Waals surface area contributed by atoms with E-state index in [0.29, 0.717) is 0 Å². The van der Waals surface area contributed by atoms with Crippen LogP contribution in [0.15, 0.2) is 158 Å². The first-order valence-electron chi connectivity index (χ1n) is 15.9. The molecular weight excluding hydrogens is 540 g/mol. The lowest BCUT2D eigenvalue weighted by molar-refractivity contribution is 0.660. The summed E-state index contributed by atoms with van der Waals surface area (Å²) in [5, 5.41) is 7.65. The van der Waals surface area contributed by atoms with E-state index in [0.717, 1.165) is 0 Å². The molecule has 0 amide bonds. The lowest BCUT2D eigenvalue weighted by Gasteiger charge is -2.21. The Morgan fingerprint density at radius 2 is 0.800 bits per heavy atom. The Bertz CT molecular complexity index is 2390. The van der Waals surface area contributed by atoms with Gasteiger partial charge in [-0.3, -0.25) is 0 Å². The molecule has 8 aromatic carbocycles. The second-order valence-corrected chi connectivity index (χ2v) is 12.9. The fraction of sp³-hybridized carbons (Fsp3) is 0.0667. The first kappa shape index (κ1) is 26.0. The standard InChI is InChI=1S/C45H32/c1-45(2)41-19-11-10-14-35(41)40-28-33(24-25-42(40)45)31-20-21-32-27-34(23-22-30(32)26-31)44-38-17-8-6-15-36(38)43(29-12-4-3-5-13-29)37-16-7-9-18-39(37)44/h3-28H,1-2H3. The third kappa shape index (κ3) is 3.92. The van der Waals surface area contributed by atoms with Crippen LogP contribution in [-0.4, -0.2) is 0 Å². The van der Waals surface area contributed by atoms with Crippen molar-refractivity contribution in [1.29, 1.82) is 0 Å². The average Bonchev–Trinajstić information content (AvgIpc) is 3.32. The van der Waals surface area contributed by atoms with E-state index in [-0.39, 0.29) is 5.41 Å². The van der Waals surface area contributed by atoms with E-state index in [2.05, 4.69) is 172 Å². The molecule has 1 aliphatic rings. The second kappa shape index (κ2) is 9.78. The molecule has 0 atom stereocenters. The maximum Gasteiger partial charge on any atom is 0.0158 e. The van der Waals surface area contributed by atoms with Gasteiger partial charge in [0.25, 0.3) is 0 Å². The predicted molar refractivity (Wildman–Crippen MR) is 193 cm³/mol. The van der Waals surface area contributed by atoms with Gasteiger partial charge in [-0.1, -0.05) is 153 Å². The minimum atomic E-state index is 0.0257. The Hall–Kier alpha value is -5.46. The third-order valence-electron chi connectivity index (χ3n) is 10.0. The Morgan fingerprint density at radius 1 is 0.333 bits per heavy atom. The molecule has 1 aliphatic carbocycles. The minimum absolute atomic E-state index is 0.0257. The smallest absolute Gasteiger partial charge is 0.0158 e. The maximum absolute atomic E-state index is 2.39. The summed E-state index contributed by atoms with van der Waals surface area (Å²) in [6.07, 6.45) is 0. The van der Waals surface area contributed by atoms with Gasteiger partial charge in [0.1, 0.15) is 0 Å². The molecular formula is C45H32. The molecule has 45 heavy (non-hydrogen) atoms. The number of hydrogen-bond donors (Lipinski definition) is 0. The number of hydrogen-bond acceptors (Lipinski definition) is 0. The van der Waals surface area contributed by atoms with Gasteiger partial charge in [0, 0.05) is 5.41 Å². The summed E-state index contributed by atoms with van der Waals surface area (Å²) in [4.78, 5) is 0. The van der Waals surface area contributed by atoms with Crippen molar-refractivity contribution in [3.8, 4) is 44.5 Å². The molecule has 0 spiro atoms. The van der Waals surface area contributed by atoms with Gasteiger partial charge in [-0.25, -0.2) is 0 Å². The van der Waals surface area contributed by atoms with Crippen LogP contribution in [0.1, 0.15) is 25.0 Å². The van der Waals surface area contributed by atoms with E-state index in [1.54, 1.807) is 0 Å². The van der Waals surface area contributed by atoms with Gasteiger partial charge in [0.05, 0.1) is 0 Å². The molecule has 0 unspecified atom stereocenters. The van der Waals surface area contributed by atoms with Crippen LogP contribution < -0.4 is 0 Å². The zero-order chi connectivity index (χ0) is 30.1. The zero-order valence-corrected chi connectivity index (χ0v) is 25.5. The normalized spacial score (nSPS) is 13.3. The SMILES string of the molecule is CC1(C)c2ccccc2-c2cc(-c3ccc4cc(-c5c6ccccc6c(-c6ccccc6)c6ccccc56)ccc4c3)ccc21. The molecule has 8 aromatic rings. The average molecular weight is 573 g/mol. The van der Waals surface area contributed by atoms with Crippen molar-refractivity contribution in [2.75, 3.05) is 0 Å². The van der Waals surface area contributed by atoms with E-state index in [4.69, 9.17) is 0 Å². The Labute approximate surface area is 264 Å². The molecule has 0 bridgehead atoms. The Kier molecular flexibility index (Phi) is 5.64. The van der Waals surface area contributed by atoms with E-state index in [1.165, 1.54) is 88.0 Å². The first-order valence-corrected chi connectivity index (χ1v) is 15.9. The molecule has 0 fully saturated rings. The highest BCUT2D eigenvalue weighted by atomic mass is 14.4. The quantitative estimate of drug-likeness (QED) is 0.185. The summed E-state index contributed by atoms with van der Waals surface area (Å²) in [5.41, 5.74) is 13.2. The predicted octanol–water partition coefficient (Wildman–Crippen LogP) is 12.5. The van der Waals surface area contributed by atoms with Crippen LogP contribution in [0.2, 0.25) is 0 Å². The summed E-state index contributed by atoms with van der Waals surface area (Å²) in [7, 11) is 0. The molecule has 212 valence electrons. The Balaban J connectivity index is 1.19. The molecule has 0 aliphatic heterocycles. The molecule has 0 nitrogen and oxygen atoms in total.